The maximum Gasteiger partial charge on any atom is 0.349 e. The third kappa shape index (κ3) is 4.99. The Labute approximate surface area is 155 Å². The van der Waals surface area contributed by atoms with Gasteiger partial charge in [0.1, 0.15) is 17.2 Å². The maximum absolute atomic E-state index is 12.1. The van der Waals surface area contributed by atoms with E-state index in [0.29, 0.717) is 24.7 Å². The molecule has 0 bridgehead atoms. The van der Waals surface area contributed by atoms with E-state index in [4.69, 9.17) is 19.9 Å². The highest BCUT2D eigenvalue weighted by atomic mass is 16.6. The van der Waals surface area contributed by atoms with Crippen LogP contribution >= 0.6 is 0 Å². The van der Waals surface area contributed by atoms with Gasteiger partial charge in [-0.15, -0.1) is 0 Å². The van der Waals surface area contributed by atoms with Gasteiger partial charge in [-0.25, -0.2) is 4.79 Å². The van der Waals surface area contributed by atoms with Crippen molar-refractivity contribution in [1.82, 2.24) is 0 Å². The number of carbonyl (C=O) groups is 1. The topological polar surface area (TPSA) is 70.8 Å². The molecule has 0 aliphatic heterocycles. The van der Waals surface area contributed by atoms with E-state index in [1.54, 1.807) is 20.8 Å². The molecule has 0 saturated carbocycles. The molecule has 2 aromatic rings. The fraction of sp³-hybridized carbons (Fsp3) is 0.381. The molecular formula is C21H27NO4. The number of rotatable bonds is 8. The summed E-state index contributed by atoms with van der Waals surface area (Å²) in [7, 11) is 0. The number of hydrogen-bond donors (Lipinski definition) is 1. The minimum Gasteiger partial charge on any atom is -0.476 e. The summed E-state index contributed by atoms with van der Waals surface area (Å²) in [5.41, 5.74) is 6.58. The molecule has 5 heteroatoms. The monoisotopic (exact) mass is 357 g/mol. The summed E-state index contributed by atoms with van der Waals surface area (Å²) in [6, 6.07) is 13.2. The predicted octanol–water partition coefficient (Wildman–Crippen LogP) is 4.22. The zero-order chi connectivity index (χ0) is 19.2. The van der Waals surface area contributed by atoms with Crippen LogP contribution in [0.15, 0.2) is 42.5 Å². The van der Waals surface area contributed by atoms with Gasteiger partial charge in [0.2, 0.25) is 0 Å². The molecule has 140 valence electrons. The molecule has 0 atom stereocenters. The molecule has 2 rings (SSSR count). The van der Waals surface area contributed by atoms with E-state index in [0.717, 1.165) is 23.3 Å². The van der Waals surface area contributed by atoms with Crippen LogP contribution in [-0.2, 0) is 22.5 Å². The predicted molar refractivity (Wildman–Crippen MR) is 102 cm³/mol. The molecule has 0 fully saturated rings. The van der Waals surface area contributed by atoms with Crippen molar-refractivity contribution < 1.29 is 19.0 Å². The molecule has 26 heavy (non-hydrogen) atoms. The minimum absolute atomic E-state index is 0.320. The Morgan fingerprint density at radius 3 is 2.46 bits per heavy atom. The second-order valence-electron chi connectivity index (χ2n) is 6.41. The first-order valence-electron chi connectivity index (χ1n) is 8.85. The summed E-state index contributed by atoms with van der Waals surface area (Å²) >= 11 is 0. The number of carbonyl (C=O) groups excluding carboxylic acids is 1. The quantitative estimate of drug-likeness (QED) is 0.716. The van der Waals surface area contributed by atoms with Crippen molar-refractivity contribution >= 4 is 5.97 Å². The lowest BCUT2D eigenvalue weighted by Gasteiger charge is -2.25. The van der Waals surface area contributed by atoms with E-state index >= 15 is 0 Å². The lowest BCUT2D eigenvalue weighted by molar-refractivity contribution is -0.158. The van der Waals surface area contributed by atoms with Crippen molar-refractivity contribution in [1.29, 1.82) is 0 Å². The highest BCUT2D eigenvalue weighted by Crippen LogP contribution is 2.31. The van der Waals surface area contributed by atoms with Crippen molar-refractivity contribution in [2.45, 2.75) is 46.3 Å². The van der Waals surface area contributed by atoms with E-state index in [1.807, 2.05) is 49.4 Å². The van der Waals surface area contributed by atoms with Crippen molar-refractivity contribution in [3.8, 4) is 17.2 Å². The van der Waals surface area contributed by atoms with E-state index in [1.165, 1.54) is 0 Å². The van der Waals surface area contributed by atoms with E-state index < -0.39 is 5.60 Å². The normalized spacial score (nSPS) is 11.1. The Kier molecular flexibility index (Phi) is 6.64. The van der Waals surface area contributed by atoms with Crippen molar-refractivity contribution in [3.05, 3.63) is 53.6 Å². The SMILES string of the molecule is CCOC(=O)C(C)(C)Oc1ccc(Oc2cccc(CN)c2)cc1CC. The lowest BCUT2D eigenvalue weighted by Crippen LogP contribution is -2.40. The fourth-order valence-electron chi connectivity index (χ4n) is 2.49. The van der Waals surface area contributed by atoms with Crippen LogP contribution in [0.4, 0.5) is 0 Å². The van der Waals surface area contributed by atoms with E-state index in [2.05, 4.69) is 0 Å². The molecule has 0 radical (unpaired) electrons. The van der Waals surface area contributed by atoms with Gasteiger partial charge in [0.25, 0.3) is 0 Å². The highest BCUT2D eigenvalue weighted by molar-refractivity contribution is 5.79. The van der Waals surface area contributed by atoms with Crippen LogP contribution in [0.3, 0.4) is 0 Å². The van der Waals surface area contributed by atoms with Gasteiger partial charge in [0.05, 0.1) is 6.61 Å². The number of benzene rings is 2. The number of aryl methyl sites for hydroxylation is 1. The molecule has 0 spiro atoms. The first-order chi connectivity index (χ1) is 12.4. The van der Waals surface area contributed by atoms with Crippen molar-refractivity contribution in [3.63, 3.8) is 0 Å². The minimum atomic E-state index is -1.06. The largest absolute Gasteiger partial charge is 0.476 e. The summed E-state index contributed by atoms with van der Waals surface area (Å²) in [5.74, 6) is 1.70. The molecule has 0 saturated heterocycles. The summed E-state index contributed by atoms with van der Waals surface area (Å²) in [5, 5.41) is 0. The summed E-state index contributed by atoms with van der Waals surface area (Å²) in [6.45, 7) is 7.99. The van der Waals surface area contributed by atoms with Crippen LogP contribution in [0.2, 0.25) is 0 Å². The van der Waals surface area contributed by atoms with Gasteiger partial charge in [-0.05, 0) is 68.7 Å². The number of ether oxygens (including phenoxy) is 3. The van der Waals surface area contributed by atoms with Crippen LogP contribution in [0, 0.1) is 0 Å². The molecule has 0 aromatic heterocycles. The van der Waals surface area contributed by atoms with Gasteiger partial charge in [-0.1, -0.05) is 19.1 Å². The Bertz CT molecular complexity index is 755. The van der Waals surface area contributed by atoms with Crippen molar-refractivity contribution in [2.75, 3.05) is 6.61 Å². The summed E-state index contributed by atoms with van der Waals surface area (Å²) < 4.78 is 16.9. The molecule has 2 N–H and O–H groups in total. The van der Waals surface area contributed by atoms with Gasteiger partial charge in [0, 0.05) is 6.54 Å². The molecule has 0 amide bonds. The smallest absolute Gasteiger partial charge is 0.349 e. The molecule has 2 aromatic carbocycles. The number of esters is 1. The standard InChI is InChI=1S/C21H27NO4/c1-5-16-13-18(25-17-9-7-8-15(12-17)14-22)10-11-19(16)26-21(3,4)20(23)24-6-2/h7-13H,5-6,14,22H2,1-4H3. The highest BCUT2D eigenvalue weighted by Gasteiger charge is 2.32. The molecule has 0 aliphatic rings. The zero-order valence-corrected chi connectivity index (χ0v) is 15.9. The van der Waals surface area contributed by atoms with Gasteiger partial charge in [-0.3, -0.25) is 0 Å². The fourth-order valence-corrected chi connectivity index (χ4v) is 2.49. The van der Waals surface area contributed by atoms with E-state index in [-0.39, 0.29) is 5.97 Å². The average Bonchev–Trinajstić information content (AvgIpc) is 2.63. The second kappa shape index (κ2) is 8.72. The zero-order valence-electron chi connectivity index (χ0n) is 15.9. The maximum atomic E-state index is 12.1. The first-order valence-corrected chi connectivity index (χ1v) is 8.85. The second-order valence-corrected chi connectivity index (χ2v) is 6.41. The average molecular weight is 357 g/mol. The van der Waals surface area contributed by atoms with Gasteiger partial charge in [-0.2, -0.15) is 0 Å². The van der Waals surface area contributed by atoms with Crippen LogP contribution in [0.1, 0.15) is 38.8 Å². The third-order valence-electron chi connectivity index (χ3n) is 3.91. The van der Waals surface area contributed by atoms with Crippen molar-refractivity contribution in [2.24, 2.45) is 5.73 Å². The Hall–Kier alpha value is -2.53. The molecular weight excluding hydrogens is 330 g/mol. The number of hydrogen-bond acceptors (Lipinski definition) is 5. The molecule has 0 heterocycles. The Morgan fingerprint density at radius 2 is 1.81 bits per heavy atom. The van der Waals surface area contributed by atoms with Gasteiger partial charge < -0.3 is 19.9 Å². The molecule has 5 nitrogen and oxygen atoms in total. The van der Waals surface area contributed by atoms with Crippen LogP contribution in [0.25, 0.3) is 0 Å². The summed E-state index contributed by atoms with van der Waals surface area (Å²) in [6.07, 6.45) is 0.744. The first kappa shape index (κ1) is 19.8. The third-order valence-corrected chi connectivity index (χ3v) is 3.91. The van der Waals surface area contributed by atoms with Crippen LogP contribution in [-0.4, -0.2) is 18.2 Å². The van der Waals surface area contributed by atoms with Gasteiger partial charge in [0.15, 0.2) is 5.60 Å². The summed E-state index contributed by atoms with van der Waals surface area (Å²) in [4.78, 5) is 12.1. The Morgan fingerprint density at radius 1 is 1.08 bits per heavy atom. The Balaban J connectivity index is 2.20. The lowest BCUT2D eigenvalue weighted by atomic mass is 10.1. The molecule has 0 unspecified atom stereocenters. The molecule has 0 aliphatic carbocycles. The van der Waals surface area contributed by atoms with Crippen LogP contribution in [0.5, 0.6) is 17.2 Å². The van der Waals surface area contributed by atoms with E-state index in [9.17, 15) is 4.79 Å². The van der Waals surface area contributed by atoms with Crippen LogP contribution < -0.4 is 15.2 Å². The number of nitrogens with two attached hydrogens (primary N) is 1. The van der Waals surface area contributed by atoms with Gasteiger partial charge >= 0.3 is 5.97 Å².